The van der Waals surface area contributed by atoms with E-state index in [2.05, 4.69) is 15.4 Å². The molecule has 0 aliphatic rings. The molecule has 43 heavy (non-hydrogen) atoms. The topological polar surface area (TPSA) is 162 Å². The molecule has 2 amide bonds. The van der Waals surface area contributed by atoms with Crippen LogP contribution in [0.2, 0.25) is 0 Å². The van der Waals surface area contributed by atoms with Gasteiger partial charge in [-0.15, -0.1) is 22.7 Å². The number of nitrogens with one attached hydrogen (secondary N) is 2. The molecule has 0 saturated carbocycles. The molecular formula is C31H32N2O8S2. The molecule has 0 unspecified atom stereocenters. The highest BCUT2D eigenvalue weighted by Gasteiger charge is 2.18. The number of methoxy groups -OCH3 is 1. The Kier molecular flexibility index (Phi) is 11.8. The second kappa shape index (κ2) is 15.5. The standard InChI is InChI=1S/C16H17NO4S.C15H15NO4S/c1-10-8-13(22-14(10)16(20)21-2)15(19)17-7-6-11-4-3-5-12(18)9-11;1-9-7-12(21-13(9)15(19)20)14(18)16-6-5-10-3-2-4-11(17)8-10/h3-5,8-9,18H,6-7H2,1-2H3,(H,17,19);2-4,7-8,17H,5-6H2,1H3,(H,16,18)(H,19,20). The van der Waals surface area contributed by atoms with Crippen molar-refractivity contribution >= 4 is 46.4 Å². The number of rotatable bonds is 10. The minimum Gasteiger partial charge on any atom is -0.508 e. The van der Waals surface area contributed by atoms with Gasteiger partial charge in [0, 0.05) is 13.1 Å². The average Bonchev–Trinajstić information content (AvgIpc) is 3.56. The molecule has 4 rings (SSSR count). The lowest BCUT2D eigenvalue weighted by molar-refractivity contribution is 0.0604. The Morgan fingerprint density at radius 2 is 1.16 bits per heavy atom. The van der Waals surface area contributed by atoms with E-state index in [4.69, 9.17) is 5.11 Å². The normalized spacial score (nSPS) is 10.3. The molecule has 2 heterocycles. The Morgan fingerprint density at radius 3 is 1.56 bits per heavy atom. The first kappa shape index (κ1) is 32.8. The first-order chi connectivity index (χ1) is 20.5. The third-order valence-corrected chi connectivity index (χ3v) is 8.51. The lowest BCUT2D eigenvalue weighted by Gasteiger charge is -2.04. The van der Waals surface area contributed by atoms with Crippen molar-refractivity contribution in [1.82, 2.24) is 10.6 Å². The molecule has 0 aliphatic carbocycles. The molecular weight excluding hydrogens is 592 g/mol. The van der Waals surface area contributed by atoms with Gasteiger partial charge in [0.1, 0.15) is 21.3 Å². The fourth-order valence-electron chi connectivity index (χ4n) is 3.93. The molecule has 5 N–H and O–H groups in total. The fraction of sp³-hybridized carbons (Fsp3) is 0.226. The number of hydrogen-bond donors (Lipinski definition) is 5. The van der Waals surface area contributed by atoms with Crippen LogP contribution < -0.4 is 10.6 Å². The van der Waals surface area contributed by atoms with Crippen LogP contribution in [0.4, 0.5) is 0 Å². The van der Waals surface area contributed by atoms with Crippen LogP contribution in [0, 0.1) is 13.8 Å². The Morgan fingerprint density at radius 1 is 0.721 bits per heavy atom. The van der Waals surface area contributed by atoms with Crippen LogP contribution in [0.15, 0.2) is 60.7 Å². The molecule has 4 aromatic rings. The Hall–Kier alpha value is -4.68. The zero-order chi connectivity index (χ0) is 31.5. The van der Waals surface area contributed by atoms with Crippen molar-refractivity contribution in [2.45, 2.75) is 26.7 Å². The maximum absolute atomic E-state index is 12.1. The number of carbonyl (C=O) groups excluding carboxylic acids is 3. The quantitative estimate of drug-likeness (QED) is 0.155. The number of ether oxygens (including phenoxy) is 1. The van der Waals surface area contributed by atoms with Crippen LogP contribution in [0.3, 0.4) is 0 Å². The van der Waals surface area contributed by atoms with E-state index in [-0.39, 0.29) is 28.2 Å². The van der Waals surface area contributed by atoms with E-state index in [1.165, 1.54) is 7.11 Å². The van der Waals surface area contributed by atoms with Crippen molar-refractivity contribution in [2.24, 2.45) is 0 Å². The molecule has 12 heteroatoms. The smallest absolute Gasteiger partial charge is 0.348 e. The highest BCUT2D eigenvalue weighted by Crippen LogP contribution is 2.23. The van der Waals surface area contributed by atoms with Crippen molar-refractivity contribution in [3.8, 4) is 11.5 Å². The van der Waals surface area contributed by atoms with E-state index in [1.54, 1.807) is 62.4 Å². The van der Waals surface area contributed by atoms with Gasteiger partial charge in [-0.2, -0.15) is 0 Å². The zero-order valence-corrected chi connectivity index (χ0v) is 25.4. The van der Waals surface area contributed by atoms with E-state index in [9.17, 15) is 29.4 Å². The molecule has 2 aromatic carbocycles. The average molecular weight is 625 g/mol. The number of amides is 2. The molecule has 226 valence electrons. The number of carbonyl (C=O) groups is 4. The third kappa shape index (κ3) is 9.69. The van der Waals surface area contributed by atoms with Gasteiger partial charge in [0.15, 0.2) is 0 Å². The van der Waals surface area contributed by atoms with Gasteiger partial charge >= 0.3 is 11.9 Å². The summed E-state index contributed by atoms with van der Waals surface area (Å²) in [7, 11) is 1.32. The second-order valence-electron chi connectivity index (χ2n) is 9.39. The van der Waals surface area contributed by atoms with Crippen LogP contribution in [0.5, 0.6) is 11.5 Å². The molecule has 0 saturated heterocycles. The fourth-order valence-corrected chi connectivity index (χ4v) is 5.87. The summed E-state index contributed by atoms with van der Waals surface area (Å²) >= 11 is 2.10. The summed E-state index contributed by atoms with van der Waals surface area (Å²) in [6.07, 6.45) is 1.21. The number of thiophene rings is 2. The molecule has 0 fully saturated rings. The van der Waals surface area contributed by atoms with Crippen molar-refractivity contribution in [1.29, 1.82) is 0 Å². The minimum absolute atomic E-state index is 0.188. The van der Waals surface area contributed by atoms with Gasteiger partial charge in [0.2, 0.25) is 0 Å². The van der Waals surface area contributed by atoms with Crippen molar-refractivity contribution in [3.63, 3.8) is 0 Å². The number of carboxylic acids is 1. The molecule has 10 nitrogen and oxygen atoms in total. The predicted octanol–water partition coefficient (Wildman–Crippen LogP) is 4.95. The van der Waals surface area contributed by atoms with Gasteiger partial charge in [-0.25, -0.2) is 9.59 Å². The Labute approximate surface area is 256 Å². The van der Waals surface area contributed by atoms with Crippen molar-refractivity contribution < 1.29 is 39.2 Å². The summed E-state index contributed by atoms with van der Waals surface area (Å²) in [6, 6.07) is 17.0. The van der Waals surface area contributed by atoms with Crippen LogP contribution in [0.25, 0.3) is 0 Å². The molecule has 0 spiro atoms. The minimum atomic E-state index is -1.02. The number of esters is 1. The van der Waals surface area contributed by atoms with Gasteiger partial charge < -0.3 is 30.7 Å². The highest BCUT2D eigenvalue weighted by molar-refractivity contribution is 7.16. The molecule has 0 atom stereocenters. The van der Waals surface area contributed by atoms with Gasteiger partial charge in [-0.05, 0) is 85.3 Å². The lowest BCUT2D eigenvalue weighted by atomic mass is 10.1. The number of aromatic carboxylic acids is 1. The molecule has 0 radical (unpaired) electrons. The second-order valence-corrected chi connectivity index (χ2v) is 11.5. The van der Waals surface area contributed by atoms with Crippen LogP contribution in [0.1, 0.15) is 60.9 Å². The zero-order valence-electron chi connectivity index (χ0n) is 23.8. The van der Waals surface area contributed by atoms with E-state index < -0.39 is 11.9 Å². The van der Waals surface area contributed by atoms with Gasteiger partial charge in [-0.1, -0.05) is 24.3 Å². The van der Waals surface area contributed by atoms with Crippen LogP contribution >= 0.6 is 22.7 Å². The number of carboxylic acid groups (broad SMARTS) is 1. The third-order valence-electron chi connectivity index (χ3n) is 6.07. The molecule has 0 bridgehead atoms. The summed E-state index contributed by atoms with van der Waals surface area (Å²) < 4.78 is 4.68. The number of aromatic hydroxyl groups is 2. The lowest BCUT2D eigenvalue weighted by Crippen LogP contribution is -2.24. The van der Waals surface area contributed by atoms with Crippen molar-refractivity contribution in [2.75, 3.05) is 20.2 Å². The van der Waals surface area contributed by atoms with E-state index in [0.29, 0.717) is 46.1 Å². The van der Waals surface area contributed by atoms with E-state index >= 15 is 0 Å². The highest BCUT2D eigenvalue weighted by atomic mass is 32.1. The largest absolute Gasteiger partial charge is 0.508 e. The predicted molar refractivity (Wildman–Crippen MR) is 165 cm³/mol. The van der Waals surface area contributed by atoms with Crippen molar-refractivity contribution in [3.05, 3.63) is 102 Å². The van der Waals surface area contributed by atoms with Gasteiger partial charge in [0.25, 0.3) is 11.8 Å². The number of benzene rings is 2. The summed E-state index contributed by atoms with van der Waals surface area (Å²) in [6.45, 7) is 4.31. The summed E-state index contributed by atoms with van der Waals surface area (Å²) in [4.78, 5) is 48.0. The van der Waals surface area contributed by atoms with E-state index in [1.807, 2.05) is 12.1 Å². The SMILES string of the molecule is COC(=O)c1sc(C(=O)NCCc2cccc(O)c2)cc1C.Cc1cc(C(=O)NCCc2cccc(O)c2)sc1C(=O)O. The number of phenols is 2. The Bertz CT molecular complexity index is 1610. The first-order valence-electron chi connectivity index (χ1n) is 13.1. The Balaban J connectivity index is 0.000000236. The number of hydrogen-bond acceptors (Lipinski definition) is 9. The van der Waals surface area contributed by atoms with Gasteiger partial charge in [0.05, 0.1) is 16.9 Å². The maximum atomic E-state index is 12.1. The summed E-state index contributed by atoms with van der Waals surface area (Å²) in [5, 5.41) is 33.2. The van der Waals surface area contributed by atoms with Gasteiger partial charge in [-0.3, -0.25) is 9.59 Å². The van der Waals surface area contributed by atoms with E-state index in [0.717, 1.165) is 39.4 Å². The summed E-state index contributed by atoms with van der Waals surface area (Å²) in [5.74, 6) is -1.55. The first-order valence-corrected chi connectivity index (χ1v) is 14.8. The monoisotopic (exact) mass is 624 g/mol. The number of phenolic OH excluding ortho intramolecular Hbond substituents is 2. The maximum Gasteiger partial charge on any atom is 0.348 e. The number of aryl methyl sites for hydroxylation is 2. The van der Waals surface area contributed by atoms with Crippen LogP contribution in [-0.4, -0.2) is 59.3 Å². The summed E-state index contributed by atoms with van der Waals surface area (Å²) in [5.41, 5.74) is 3.18. The molecule has 2 aromatic heterocycles. The molecule has 0 aliphatic heterocycles. The van der Waals surface area contributed by atoms with Crippen LogP contribution in [-0.2, 0) is 17.6 Å².